The third kappa shape index (κ3) is 4.01. The lowest BCUT2D eigenvalue weighted by atomic mass is 9.70. The molecular weight excluding hydrogens is 445 g/mol. The maximum atomic E-state index is 14.6. The fraction of sp³-hybridized carbons (Fsp3) is 0.944. The Labute approximate surface area is 168 Å². The van der Waals surface area contributed by atoms with Gasteiger partial charge in [0, 0.05) is 11.8 Å². The van der Waals surface area contributed by atoms with Crippen molar-refractivity contribution in [3.8, 4) is 0 Å². The maximum absolute atomic E-state index is 14.6. The van der Waals surface area contributed by atoms with Gasteiger partial charge in [-0.05, 0) is 44.4 Å². The molecule has 2 bridgehead atoms. The highest BCUT2D eigenvalue weighted by atomic mass is 79.9. The lowest BCUT2D eigenvalue weighted by Crippen LogP contribution is -2.40. The van der Waals surface area contributed by atoms with Crippen LogP contribution in [0.4, 0.5) is 8.78 Å². The number of fused-ring (bicyclic) bond motifs is 2. The number of carbonyl (C=O) groups is 1. The van der Waals surface area contributed by atoms with Crippen molar-refractivity contribution in [1.29, 1.82) is 0 Å². The zero-order chi connectivity index (χ0) is 20.7. The van der Waals surface area contributed by atoms with Crippen LogP contribution < -0.4 is 0 Å². The molecule has 0 spiro atoms. The molecule has 0 aromatic carbocycles. The van der Waals surface area contributed by atoms with Gasteiger partial charge in [-0.15, -0.1) is 0 Å². The first-order valence-electron chi connectivity index (χ1n) is 9.46. The van der Waals surface area contributed by atoms with Crippen molar-refractivity contribution in [2.24, 2.45) is 16.7 Å². The van der Waals surface area contributed by atoms with Crippen molar-refractivity contribution in [1.82, 2.24) is 0 Å². The van der Waals surface area contributed by atoms with Crippen LogP contribution in [0.5, 0.6) is 0 Å². The summed E-state index contributed by atoms with van der Waals surface area (Å²) in [5, 5.41) is 0. The molecule has 2 saturated carbocycles. The molecule has 5 nitrogen and oxygen atoms in total. The lowest BCUT2D eigenvalue weighted by molar-refractivity contribution is -0.157. The average Bonchev–Trinajstić information content (AvgIpc) is 2.88. The normalized spacial score (nSPS) is 31.1. The number of halogens is 3. The minimum absolute atomic E-state index is 0.0450. The third-order valence-corrected chi connectivity index (χ3v) is 9.53. The fourth-order valence-electron chi connectivity index (χ4n) is 4.50. The molecule has 0 amide bonds. The highest BCUT2D eigenvalue weighted by molar-refractivity contribution is 9.10. The van der Waals surface area contributed by atoms with E-state index < -0.39 is 30.5 Å². The van der Waals surface area contributed by atoms with Gasteiger partial charge in [0.05, 0.1) is 13.2 Å². The summed E-state index contributed by atoms with van der Waals surface area (Å²) < 4.78 is 56.7. The maximum Gasteiger partial charge on any atom is 0.399 e. The van der Waals surface area contributed by atoms with E-state index in [1.54, 1.807) is 0 Å². The molecule has 0 aromatic heterocycles. The first-order valence-corrected chi connectivity index (χ1v) is 11.9. The van der Waals surface area contributed by atoms with E-state index in [9.17, 15) is 18.1 Å². The lowest BCUT2D eigenvalue weighted by Gasteiger charge is -2.38. The van der Waals surface area contributed by atoms with Crippen LogP contribution in [0.2, 0.25) is 0 Å². The van der Waals surface area contributed by atoms with E-state index in [1.165, 1.54) is 13.8 Å². The predicted molar refractivity (Wildman–Crippen MR) is 102 cm³/mol. The van der Waals surface area contributed by atoms with Crippen molar-refractivity contribution in [3.63, 3.8) is 0 Å². The Kier molecular flexibility index (Phi) is 6.89. The SMILES string of the molecule is CCOP(=O)(OCC)C(F)(F)CC(Br)C(=O)O[C@@H]1C[C@@H]2CC[C@@]1(C)C2(C)C. The molecular formula is C18H30BrF2O5P. The Bertz CT molecular complexity index is 605. The Morgan fingerprint density at radius 3 is 2.22 bits per heavy atom. The molecule has 0 heterocycles. The molecule has 158 valence electrons. The number of rotatable bonds is 9. The molecule has 1 unspecified atom stereocenters. The van der Waals surface area contributed by atoms with E-state index in [2.05, 4.69) is 36.7 Å². The smallest absolute Gasteiger partial charge is 0.399 e. The third-order valence-electron chi connectivity index (χ3n) is 6.65. The minimum atomic E-state index is -4.67. The van der Waals surface area contributed by atoms with Gasteiger partial charge >= 0.3 is 19.2 Å². The Hall–Kier alpha value is -0.0400. The zero-order valence-electron chi connectivity index (χ0n) is 16.6. The molecule has 0 saturated heterocycles. The number of ether oxygens (including phenoxy) is 1. The van der Waals surface area contributed by atoms with E-state index in [-0.39, 0.29) is 30.1 Å². The van der Waals surface area contributed by atoms with Gasteiger partial charge in [0.25, 0.3) is 0 Å². The van der Waals surface area contributed by atoms with E-state index in [4.69, 9.17) is 13.8 Å². The van der Waals surface area contributed by atoms with Gasteiger partial charge in [-0.3, -0.25) is 9.36 Å². The molecule has 2 aliphatic carbocycles. The standard InChI is InChI=1S/C18H30BrF2O5P/c1-6-24-27(23,25-7-2)18(20,21)11-13(19)15(22)26-14-10-12-8-9-17(14,5)16(12,3)4/h12-14H,6-11H2,1-5H3/t12-,13?,14+,17+/m0/s1. The first-order chi connectivity index (χ1) is 12.3. The predicted octanol–water partition coefficient (Wildman–Crippen LogP) is 5.76. The second-order valence-electron chi connectivity index (χ2n) is 8.21. The fourth-order valence-corrected chi connectivity index (χ4v) is 6.80. The van der Waals surface area contributed by atoms with Crippen LogP contribution in [-0.2, 0) is 23.1 Å². The van der Waals surface area contributed by atoms with Crippen LogP contribution in [0.1, 0.15) is 60.3 Å². The van der Waals surface area contributed by atoms with E-state index >= 15 is 0 Å². The van der Waals surface area contributed by atoms with Crippen LogP contribution in [0, 0.1) is 16.7 Å². The molecule has 0 aromatic rings. The highest BCUT2D eigenvalue weighted by Gasteiger charge is 2.63. The van der Waals surface area contributed by atoms with Crippen LogP contribution in [-0.4, -0.2) is 35.8 Å². The van der Waals surface area contributed by atoms with Gasteiger partial charge in [-0.25, -0.2) is 0 Å². The van der Waals surface area contributed by atoms with Crippen LogP contribution in [0.3, 0.4) is 0 Å². The number of hydrogen-bond acceptors (Lipinski definition) is 5. The Morgan fingerprint density at radius 1 is 1.26 bits per heavy atom. The average molecular weight is 475 g/mol. The summed E-state index contributed by atoms with van der Waals surface area (Å²) in [4.78, 5) is 11.2. The van der Waals surface area contributed by atoms with E-state index in [1.807, 2.05) is 0 Å². The second-order valence-corrected chi connectivity index (χ2v) is 11.5. The van der Waals surface area contributed by atoms with Crippen molar-refractivity contribution >= 4 is 29.5 Å². The molecule has 4 atom stereocenters. The van der Waals surface area contributed by atoms with Crippen LogP contribution in [0.15, 0.2) is 0 Å². The van der Waals surface area contributed by atoms with Crippen molar-refractivity contribution in [3.05, 3.63) is 0 Å². The number of alkyl halides is 3. The highest BCUT2D eigenvalue weighted by Crippen LogP contribution is 2.67. The van der Waals surface area contributed by atoms with Crippen molar-refractivity contribution < 1.29 is 31.9 Å². The molecule has 2 rings (SSSR count). The summed E-state index contributed by atoms with van der Waals surface area (Å²) in [6.07, 6.45) is 1.49. The molecule has 0 aliphatic heterocycles. The summed E-state index contributed by atoms with van der Waals surface area (Å²) in [7, 11) is -4.67. The molecule has 0 radical (unpaired) electrons. The monoisotopic (exact) mass is 474 g/mol. The second kappa shape index (κ2) is 8.00. The number of esters is 1. The van der Waals surface area contributed by atoms with Crippen molar-refractivity contribution in [2.75, 3.05) is 13.2 Å². The largest absolute Gasteiger partial charge is 0.461 e. The van der Waals surface area contributed by atoms with Gasteiger partial charge in [-0.1, -0.05) is 36.7 Å². The van der Waals surface area contributed by atoms with Crippen LogP contribution >= 0.6 is 23.5 Å². The zero-order valence-corrected chi connectivity index (χ0v) is 19.1. The van der Waals surface area contributed by atoms with Crippen LogP contribution in [0.25, 0.3) is 0 Å². The van der Waals surface area contributed by atoms with Gasteiger partial charge in [0.15, 0.2) is 0 Å². The Balaban J connectivity index is 2.04. The summed E-state index contributed by atoms with van der Waals surface area (Å²) in [6.45, 7) is 9.02. The summed E-state index contributed by atoms with van der Waals surface area (Å²) in [5.74, 6) is -0.296. The van der Waals surface area contributed by atoms with Gasteiger partial charge in [-0.2, -0.15) is 8.78 Å². The van der Waals surface area contributed by atoms with Gasteiger partial charge < -0.3 is 13.8 Å². The summed E-state index contributed by atoms with van der Waals surface area (Å²) in [5.41, 5.74) is -3.91. The van der Waals surface area contributed by atoms with E-state index in [0.29, 0.717) is 5.92 Å². The Morgan fingerprint density at radius 2 is 1.81 bits per heavy atom. The topological polar surface area (TPSA) is 61.8 Å². The van der Waals surface area contributed by atoms with Gasteiger partial charge in [0.2, 0.25) is 0 Å². The quantitative estimate of drug-likeness (QED) is 0.241. The molecule has 2 fully saturated rings. The van der Waals surface area contributed by atoms with Gasteiger partial charge in [0.1, 0.15) is 10.9 Å². The molecule has 2 aliphatic rings. The minimum Gasteiger partial charge on any atom is -0.461 e. The summed E-state index contributed by atoms with van der Waals surface area (Å²) >= 11 is 2.99. The molecule has 0 N–H and O–H groups in total. The van der Waals surface area contributed by atoms with Crippen molar-refractivity contribution in [2.45, 2.75) is 76.9 Å². The summed E-state index contributed by atoms with van der Waals surface area (Å²) in [6, 6.07) is 0. The number of hydrogen-bond donors (Lipinski definition) is 0. The molecule has 9 heteroatoms. The first kappa shape index (κ1) is 23.2. The number of carbonyl (C=O) groups excluding carboxylic acids is 1. The molecule has 27 heavy (non-hydrogen) atoms. The van der Waals surface area contributed by atoms with E-state index in [0.717, 1.165) is 19.3 Å².